The summed E-state index contributed by atoms with van der Waals surface area (Å²) in [5.74, 6) is 1.05. The Balaban J connectivity index is 1.67. The Morgan fingerprint density at radius 2 is 2.24 bits per heavy atom. The van der Waals surface area contributed by atoms with Crippen molar-refractivity contribution in [2.75, 3.05) is 13.7 Å². The monoisotopic (exact) mass is 289 g/mol. The van der Waals surface area contributed by atoms with Crippen LogP contribution in [0.4, 0.5) is 0 Å². The molecular formula is C18H27NO2. The number of hydrogen-bond donors (Lipinski definition) is 1. The molecule has 0 aliphatic carbocycles. The predicted molar refractivity (Wildman–Crippen MR) is 84.9 cm³/mol. The van der Waals surface area contributed by atoms with Crippen LogP contribution in [0.15, 0.2) is 18.2 Å². The zero-order valence-corrected chi connectivity index (χ0v) is 13.4. The second-order valence-corrected chi connectivity index (χ2v) is 6.96. The molecule has 1 saturated heterocycles. The Kier molecular flexibility index (Phi) is 4.23. The van der Waals surface area contributed by atoms with E-state index >= 15 is 0 Å². The molecule has 0 saturated carbocycles. The highest BCUT2D eigenvalue weighted by atomic mass is 16.5. The average molecular weight is 289 g/mol. The van der Waals surface area contributed by atoms with Crippen LogP contribution in [0.5, 0.6) is 5.75 Å². The first-order valence-corrected chi connectivity index (χ1v) is 8.18. The standard InChI is InChI=1S/C18H27NO2/c1-18(2)12-14-11-13(6-9-17(14)21-18)16(19-3)8-7-15-5-4-10-20-15/h6,9,11,15-16,19H,4-5,7-8,10,12H2,1-3H3. The summed E-state index contributed by atoms with van der Waals surface area (Å²) in [4.78, 5) is 0. The topological polar surface area (TPSA) is 30.5 Å². The van der Waals surface area contributed by atoms with Crippen molar-refractivity contribution in [2.24, 2.45) is 0 Å². The third-order valence-electron chi connectivity index (χ3n) is 4.64. The summed E-state index contributed by atoms with van der Waals surface area (Å²) in [5.41, 5.74) is 2.65. The second kappa shape index (κ2) is 5.98. The van der Waals surface area contributed by atoms with Crippen LogP contribution in [0, 0.1) is 0 Å². The fourth-order valence-electron chi connectivity index (χ4n) is 3.55. The third-order valence-corrected chi connectivity index (χ3v) is 4.64. The van der Waals surface area contributed by atoms with Gasteiger partial charge in [-0.05, 0) is 63.8 Å². The Labute approximate surface area is 128 Å². The Morgan fingerprint density at radius 3 is 2.95 bits per heavy atom. The van der Waals surface area contributed by atoms with Crippen LogP contribution in [-0.2, 0) is 11.2 Å². The van der Waals surface area contributed by atoms with E-state index in [2.05, 4.69) is 37.4 Å². The van der Waals surface area contributed by atoms with Crippen molar-refractivity contribution in [3.8, 4) is 5.75 Å². The number of fused-ring (bicyclic) bond motifs is 1. The van der Waals surface area contributed by atoms with Crippen LogP contribution >= 0.6 is 0 Å². The highest BCUT2D eigenvalue weighted by Gasteiger charge is 2.30. The SMILES string of the molecule is CNC(CCC1CCCO1)c1ccc2c(c1)CC(C)(C)O2. The molecule has 2 aliphatic rings. The minimum atomic E-state index is -0.0617. The molecule has 0 aromatic heterocycles. The fourth-order valence-corrected chi connectivity index (χ4v) is 3.55. The Hall–Kier alpha value is -1.06. The van der Waals surface area contributed by atoms with Gasteiger partial charge in [-0.25, -0.2) is 0 Å². The molecule has 2 heterocycles. The van der Waals surface area contributed by atoms with Gasteiger partial charge < -0.3 is 14.8 Å². The smallest absolute Gasteiger partial charge is 0.123 e. The van der Waals surface area contributed by atoms with E-state index in [9.17, 15) is 0 Å². The van der Waals surface area contributed by atoms with Crippen LogP contribution in [0.25, 0.3) is 0 Å². The molecule has 0 spiro atoms. The normalized spacial score (nSPS) is 24.6. The first-order chi connectivity index (χ1) is 10.1. The largest absolute Gasteiger partial charge is 0.487 e. The van der Waals surface area contributed by atoms with E-state index in [-0.39, 0.29) is 5.60 Å². The molecule has 3 heteroatoms. The van der Waals surface area contributed by atoms with Crippen molar-refractivity contribution in [3.05, 3.63) is 29.3 Å². The van der Waals surface area contributed by atoms with Crippen LogP contribution in [-0.4, -0.2) is 25.4 Å². The fraction of sp³-hybridized carbons (Fsp3) is 0.667. The van der Waals surface area contributed by atoms with Gasteiger partial charge in [0.05, 0.1) is 6.10 Å². The maximum Gasteiger partial charge on any atom is 0.123 e. The number of ether oxygens (including phenoxy) is 2. The first kappa shape index (κ1) is 14.9. The predicted octanol–water partition coefficient (Wildman–Crippen LogP) is 3.62. The number of benzene rings is 1. The minimum Gasteiger partial charge on any atom is -0.487 e. The van der Waals surface area contributed by atoms with E-state index in [0.717, 1.165) is 31.6 Å². The van der Waals surface area contributed by atoms with Gasteiger partial charge in [0.1, 0.15) is 11.4 Å². The molecule has 21 heavy (non-hydrogen) atoms. The zero-order valence-electron chi connectivity index (χ0n) is 13.4. The molecule has 3 rings (SSSR count). The molecule has 116 valence electrons. The van der Waals surface area contributed by atoms with Gasteiger partial charge in [0, 0.05) is 19.1 Å². The van der Waals surface area contributed by atoms with Crippen LogP contribution in [0.1, 0.15) is 56.7 Å². The summed E-state index contributed by atoms with van der Waals surface area (Å²) in [6.45, 7) is 5.25. The molecule has 2 atom stereocenters. The van der Waals surface area contributed by atoms with Crippen molar-refractivity contribution >= 4 is 0 Å². The maximum absolute atomic E-state index is 5.96. The number of nitrogens with one attached hydrogen (secondary N) is 1. The van der Waals surface area contributed by atoms with E-state index in [0.29, 0.717) is 12.1 Å². The number of rotatable bonds is 5. The molecule has 2 unspecified atom stereocenters. The van der Waals surface area contributed by atoms with E-state index in [1.807, 2.05) is 7.05 Å². The lowest BCUT2D eigenvalue weighted by atomic mass is 9.95. The molecule has 1 fully saturated rings. The van der Waals surface area contributed by atoms with Crippen LogP contribution < -0.4 is 10.1 Å². The van der Waals surface area contributed by atoms with Gasteiger partial charge in [0.2, 0.25) is 0 Å². The first-order valence-electron chi connectivity index (χ1n) is 8.18. The Bertz CT molecular complexity index is 492. The van der Waals surface area contributed by atoms with Gasteiger partial charge in [-0.2, -0.15) is 0 Å². The molecule has 0 bridgehead atoms. The van der Waals surface area contributed by atoms with E-state index in [1.54, 1.807) is 0 Å². The lowest BCUT2D eigenvalue weighted by Crippen LogP contribution is -2.24. The lowest BCUT2D eigenvalue weighted by Gasteiger charge is -2.19. The summed E-state index contributed by atoms with van der Waals surface area (Å²) in [6.07, 6.45) is 6.19. The molecule has 2 aliphatic heterocycles. The second-order valence-electron chi connectivity index (χ2n) is 6.96. The van der Waals surface area contributed by atoms with Crippen molar-refractivity contribution in [2.45, 2.75) is 63.7 Å². The van der Waals surface area contributed by atoms with Gasteiger partial charge in [-0.3, -0.25) is 0 Å². The maximum atomic E-state index is 5.96. The quantitative estimate of drug-likeness (QED) is 0.898. The summed E-state index contributed by atoms with van der Waals surface area (Å²) in [6, 6.07) is 7.07. The molecule has 1 aromatic carbocycles. The van der Waals surface area contributed by atoms with Gasteiger partial charge in [0.15, 0.2) is 0 Å². The van der Waals surface area contributed by atoms with Crippen molar-refractivity contribution in [1.82, 2.24) is 5.32 Å². The van der Waals surface area contributed by atoms with Crippen LogP contribution in [0.3, 0.4) is 0 Å². The van der Waals surface area contributed by atoms with E-state index in [1.165, 1.54) is 24.0 Å². The van der Waals surface area contributed by atoms with Crippen molar-refractivity contribution in [1.29, 1.82) is 0 Å². The van der Waals surface area contributed by atoms with Gasteiger partial charge in [-0.15, -0.1) is 0 Å². The molecule has 0 amide bonds. The van der Waals surface area contributed by atoms with Gasteiger partial charge in [-0.1, -0.05) is 12.1 Å². The molecular weight excluding hydrogens is 262 g/mol. The lowest BCUT2D eigenvalue weighted by molar-refractivity contribution is 0.0998. The van der Waals surface area contributed by atoms with E-state index in [4.69, 9.17) is 9.47 Å². The third kappa shape index (κ3) is 3.41. The summed E-state index contributed by atoms with van der Waals surface area (Å²) in [7, 11) is 2.05. The van der Waals surface area contributed by atoms with Crippen molar-refractivity contribution < 1.29 is 9.47 Å². The summed E-state index contributed by atoms with van der Waals surface area (Å²) >= 11 is 0. The molecule has 1 N–H and O–H groups in total. The summed E-state index contributed by atoms with van der Waals surface area (Å²) < 4.78 is 11.7. The Morgan fingerprint density at radius 1 is 1.38 bits per heavy atom. The van der Waals surface area contributed by atoms with E-state index < -0.39 is 0 Å². The van der Waals surface area contributed by atoms with Gasteiger partial charge in [0.25, 0.3) is 0 Å². The van der Waals surface area contributed by atoms with Crippen molar-refractivity contribution in [3.63, 3.8) is 0 Å². The zero-order chi connectivity index (χ0) is 14.9. The summed E-state index contributed by atoms with van der Waals surface area (Å²) in [5, 5.41) is 3.46. The average Bonchev–Trinajstić information content (AvgIpc) is 3.04. The highest BCUT2D eigenvalue weighted by molar-refractivity contribution is 5.42. The minimum absolute atomic E-state index is 0.0617. The molecule has 1 aromatic rings. The highest BCUT2D eigenvalue weighted by Crippen LogP contribution is 2.36. The van der Waals surface area contributed by atoms with Gasteiger partial charge >= 0.3 is 0 Å². The molecule has 3 nitrogen and oxygen atoms in total. The van der Waals surface area contributed by atoms with Crippen LogP contribution in [0.2, 0.25) is 0 Å². The molecule has 0 radical (unpaired) electrons. The number of hydrogen-bond acceptors (Lipinski definition) is 3.